The Bertz CT molecular complexity index is 541. The molecule has 0 fully saturated rings. The first kappa shape index (κ1) is 19.4. The summed E-state index contributed by atoms with van der Waals surface area (Å²) in [6, 6.07) is 7.89. The van der Waals surface area contributed by atoms with Crippen molar-refractivity contribution in [3.63, 3.8) is 0 Å². The average molecular weight is 363 g/mol. The van der Waals surface area contributed by atoms with Crippen LogP contribution in [0.15, 0.2) is 30.3 Å². The molecule has 1 aromatic carbocycles. The van der Waals surface area contributed by atoms with Crippen molar-refractivity contribution >= 4 is 41.1 Å². The topological polar surface area (TPSA) is 78.9 Å². The normalized spacial score (nSPS) is 12.6. The van der Waals surface area contributed by atoms with E-state index in [1.165, 1.54) is 12.1 Å². The van der Waals surface area contributed by atoms with Gasteiger partial charge in [-0.05, 0) is 0 Å². The third kappa shape index (κ3) is 4.66. The van der Waals surface area contributed by atoms with E-state index in [2.05, 4.69) is 0 Å². The van der Waals surface area contributed by atoms with Crippen LogP contribution in [0.5, 0.6) is 0 Å². The molecule has 0 aromatic heterocycles. The van der Waals surface area contributed by atoms with Gasteiger partial charge in [-0.15, -0.1) is 0 Å². The fourth-order valence-corrected chi connectivity index (χ4v) is 5.12. The van der Waals surface area contributed by atoms with Crippen molar-refractivity contribution in [2.24, 2.45) is 0 Å². The van der Waals surface area contributed by atoms with Gasteiger partial charge in [-0.2, -0.15) is 0 Å². The maximum absolute atomic E-state index is 11.9. The van der Waals surface area contributed by atoms with Crippen molar-refractivity contribution in [1.82, 2.24) is 0 Å². The molecule has 0 spiro atoms. The molecule has 0 atom stereocenters. The molecule has 0 aliphatic rings. The van der Waals surface area contributed by atoms with Gasteiger partial charge in [0.2, 0.25) is 0 Å². The molecular weight excluding hydrogens is 343 g/mol. The molecule has 0 heterocycles. The van der Waals surface area contributed by atoms with Gasteiger partial charge in [-0.3, -0.25) is 0 Å². The molecule has 0 aliphatic heterocycles. The molecule has 0 amide bonds. The first-order chi connectivity index (χ1) is 10.8. The molecule has 0 unspecified atom stereocenters. The molecule has 0 saturated carbocycles. The number of hydrogen-bond acceptors (Lipinski definition) is 6. The second-order valence-corrected chi connectivity index (χ2v) is 8.97. The van der Waals surface area contributed by atoms with Crippen molar-refractivity contribution in [2.75, 3.05) is 0 Å². The fraction of sp³-hybridized carbons (Fsp3) is 0.400. The number of carbonyl (C=O) groups is 3. The molecule has 1 aromatic rings. The molecule has 8 heteroatoms. The van der Waals surface area contributed by atoms with Crippen LogP contribution in [0.3, 0.4) is 0 Å². The van der Waals surface area contributed by atoms with Crippen LogP contribution in [0.1, 0.15) is 40.0 Å². The summed E-state index contributed by atoms with van der Waals surface area (Å²) in [5.41, 5.74) is 0. The summed E-state index contributed by atoms with van der Waals surface area (Å²) in [6.45, 7) is -0.349. The van der Waals surface area contributed by atoms with Crippen LogP contribution in [0.2, 0.25) is 0 Å². The summed E-state index contributed by atoms with van der Waals surface area (Å²) >= 11 is 6.55. The Hall–Kier alpha value is -1.65. The van der Waals surface area contributed by atoms with Crippen LogP contribution in [0, 0.1) is 0 Å². The Morgan fingerprint density at radius 1 is 0.826 bits per heavy atom. The molecule has 0 saturated heterocycles. The van der Waals surface area contributed by atoms with Crippen molar-refractivity contribution in [3.05, 3.63) is 30.3 Å². The van der Waals surface area contributed by atoms with E-state index in [0.717, 1.165) is 0 Å². The van der Waals surface area contributed by atoms with Crippen molar-refractivity contribution in [3.8, 4) is 0 Å². The van der Waals surface area contributed by atoms with Crippen LogP contribution < -0.4 is 5.30 Å². The third-order valence-corrected chi connectivity index (χ3v) is 6.68. The Balaban J connectivity index is 3.52. The minimum absolute atomic E-state index is 0.0230. The molecule has 0 radical (unpaired) electrons. The Kier molecular flexibility index (Phi) is 6.54. The quantitative estimate of drug-likeness (QED) is 0.689. The van der Waals surface area contributed by atoms with Gasteiger partial charge in [0.05, 0.1) is 0 Å². The molecule has 128 valence electrons. The van der Waals surface area contributed by atoms with Gasteiger partial charge in [0.15, 0.2) is 0 Å². The van der Waals surface area contributed by atoms with E-state index in [0.29, 0.717) is 0 Å². The summed E-state index contributed by atoms with van der Waals surface area (Å²) in [4.78, 5) is 35.7. The zero-order chi connectivity index (χ0) is 17.5. The van der Waals surface area contributed by atoms with Gasteiger partial charge < -0.3 is 0 Å². The maximum atomic E-state index is 11.9. The van der Waals surface area contributed by atoms with Crippen LogP contribution in [0.25, 0.3) is 0 Å². The van der Waals surface area contributed by atoms with E-state index in [9.17, 15) is 14.4 Å². The van der Waals surface area contributed by atoms with Gasteiger partial charge >= 0.3 is 139 Å². The van der Waals surface area contributed by atoms with Crippen LogP contribution in [0.4, 0.5) is 0 Å². The monoisotopic (exact) mass is 362 g/mol. The number of halogens is 1. The first-order valence-electron chi connectivity index (χ1n) is 7.26. The van der Waals surface area contributed by atoms with Crippen LogP contribution in [-0.4, -0.2) is 17.9 Å². The zero-order valence-electron chi connectivity index (χ0n) is 13.3. The van der Waals surface area contributed by atoms with Gasteiger partial charge in [0, 0.05) is 0 Å². The van der Waals surface area contributed by atoms with E-state index in [1.54, 1.807) is 39.0 Å². The molecule has 0 aliphatic carbocycles. The summed E-state index contributed by atoms with van der Waals surface area (Å²) in [7, 11) is 0. The summed E-state index contributed by atoms with van der Waals surface area (Å²) in [5.74, 6) is -2.22. The predicted octanol–water partition coefficient (Wildman–Crippen LogP) is 3.62. The number of benzene rings is 1. The van der Waals surface area contributed by atoms with Crippen molar-refractivity contribution in [2.45, 2.75) is 40.0 Å². The fourth-order valence-electron chi connectivity index (χ4n) is 1.59. The van der Waals surface area contributed by atoms with E-state index in [1.807, 2.05) is 0 Å². The van der Waals surface area contributed by atoms with E-state index >= 15 is 0 Å². The Labute approximate surface area is 140 Å². The Morgan fingerprint density at radius 2 is 1.17 bits per heavy atom. The van der Waals surface area contributed by atoms with Gasteiger partial charge in [-0.1, -0.05) is 0 Å². The number of hydrogen-bond donors (Lipinski definition) is 0. The third-order valence-electron chi connectivity index (χ3n) is 2.81. The van der Waals surface area contributed by atoms with Crippen LogP contribution in [-0.2, 0) is 28.0 Å². The van der Waals surface area contributed by atoms with Crippen molar-refractivity contribution < 1.29 is 28.0 Å². The van der Waals surface area contributed by atoms with Gasteiger partial charge in [0.1, 0.15) is 0 Å². The molecule has 0 bridgehead atoms. The second kappa shape index (κ2) is 7.75. The molecule has 0 N–H and O–H groups in total. The van der Waals surface area contributed by atoms with Gasteiger partial charge in [-0.25, -0.2) is 0 Å². The van der Waals surface area contributed by atoms with Crippen LogP contribution >= 0.6 is 17.9 Å². The molecule has 1 rings (SSSR count). The molecule has 23 heavy (non-hydrogen) atoms. The van der Waals surface area contributed by atoms with E-state index in [-0.39, 0.29) is 24.6 Å². The molecule has 6 nitrogen and oxygen atoms in total. The predicted molar refractivity (Wildman–Crippen MR) is 88.0 cm³/mol. The minimum atomic E-state index is -5.00. The van der Waals surface area contributed by atoms with Crippen molar-refractivity contribution in [1.29, 1.82) is 0 Å². The van der Waals surface area contributed by atoms with Gasteiger partial charge in [0.25, 0.3) is 0 Å². The summed E-state index contributed by atoms with van der Waals surface area (Å²) in [5, 5.41) is 0.130. The van der Waals surface area contributed by atoms with E-state index < -0.39 is 24.5 Å². The zero-order valence-corrected chi connectivity index (χ0v) is 14.9. The van der Waals surface area contributed by atoms with E-state index in [4.69, 9.17) is 24.8 Å². The summed E-state index contributed by atoms with van der Waals surface area (Å²) < 4.78 is 15.8. The second-order valence-electron chi connectivity index (χ2n) is 4.58. The average Bonchev–Trinajstić information content (AvgIpc) is 2.55. The number of rotatable bonds is 7. The standard InChI is InChI=1S/C15H20ClO6P/c1-4-13(17)20-23(16,21-14(18)5-2,22-15(19)6-3)12-10-8-7-9-11-12/h7-11H,4-6H2,1-3H3. The summed E-state index contributed by atoms with van der Waals surface area (Å²) in [6.07, 6.45) is -0.0690. The first-order valence-corrected chi connectivity index (χ1v) is 10.2. The molecular formula is C15H20ClO6P. The number of carbonyl (C=O) groups excluding carboxylic acids is 3. The SMILES string of the molecule is CCC(=O)OP(Cl)(OC(=O)CC)(OC(=O)CC)c1ccccc1. The Morgan fingerprint density at radius 3 is 1.48 bits per heavy atom.